The third-order valence-corrected chi connectivity index (χ3v) is 4.44. The molecule has 0 aliphatic heterocycles. The highest BCUT2D eigenvalue weighted by molar-refractivity contribution is 7.20. The van der Waals surface area contributed by atoms with E-state index in [4.69, 9.17) is 27.9 Å². The number of nitrogens with zero attached hydrogens (tertiary/aromatic N) is 1. The number of carbonyl (C=O) groups excluding carboxylic acids is 1. The van der Waals surface area contributed by atoms with Crippen LogP contribution in [0.3, 0.4) is 0 Å². The lowest BCUT2D eigenvalue weighted by Crippen LogP contribution is -2.25. The molecule has 0 atom stereocenters. The second-order valence-corrected chi connectivity index (χ2v) is 6.97. The molecule has 2 aromatic rings. The first-order chi connectivity index (χ1) is 9.99. The van der Waals surface area contributed by atoms with Crippen molar-refractivity contribution >= 4 is 40.3 Å². The number of benzene rings is 1. The van der Waals surface area contributed by atoms with Crippen LogP contribution >= 0.6 is 34.5 Å². The maximum Gasteiger partial charge on any atom is 0.179 e. The summed E-state index contributed by atoms with van der Waals surface area (Å²) in [5.74, 6) is 0.772. The van der Waals surface area contributed by atoms with Gasteiger partial charge in [0.15, 0.2) is 5.78 Å². The number of hydrogen-bond donors (Lipinski definition) is 0. The number of methoxy groups -OCH3 is 1. The van der Waals surface area contributed by atoms with Crippen LogP contribution in [0.1, 0.15) is 15.9 Å². The van der Waals surface area contributed by atoms with Crippen molar-refractivity contribution in [1.82, 2.24) is 4.90 Å². The topological polar surface area (TPSA) is 29.5 Å². The van der Waals surface area contributed by atoms with Crippen molar-refractivity contribution in [2.45, 2.75) is 6.54 Å². The number of rotatable bonds is 6. The highest BCUT2D eigenvalue weighted by Crippen LogP contribution is 2.31. The van der Waals surface area contributed by atoms with Gasteiger partial charge in [-0.3, -0.25) is 9.69 Å². The molecule has 21 heavy (non-hydrogen) atoms. The highest BCUT2D eigenvalue weighted by Gasteiger charge is 2.16. The summed E-state index contributed by atoms with van der Waals surface area (Å²) in [5, 5.41) is 0. The molecular formula is C15H15Cl2NO2S. The minimum Gasteiger partial charge on any atom is -0.497 e. The van der Waals surface area contributed by atoms with Gasteiger partial charge in [-0.25, -0.2) is 0 Å². The largest absolute Gasteiger partial charge is 0.497 e. The zero-order chi connectivity index (χ0) is 15.4. The van der Waals surface area contributed by atoms with Crippen LogP contribution in [0.4, 0.5) is 0 Å². The molecule has 3 nitrogen and oxygen atoms in total. The fourth-order valence-corrected chi connectivity index (χ4v) is 3.50. The van der Waals surface area contributed by atoms with E-state index < -0.39 is 0 Å². The first kappa shape index (κ1) is 16.3. The van der Waals surface area contributed by atoms with Crippen molar-refractivity contribution in [3.8, 4) is 5.75 Å². The maximum atomic E-state index is 12.2. The zero-order valence-electron chi connectivity index (χ0n) is 11.7. The fourth-order valence-electron chi connectivity index (χ4n) is 2.00. The first-order valence-electron chi connectivity index (χ1n) is 6.29. The maximum absolute atomic E-state index is 12.2. The summed E-state index contributed by atoms with van der Waals surface area (Å²) in [6.07, 6.45) is 0. The van der Waals surface area contributed by atoms with Gasteiger partial charge in [-0.15, -0.1) is 11.3 Å². The molecule has 0 N–H and O–H groups in total. The highest BCUT2D eigenvalue weighted by atomic mass is 35.5. The van der Waals surface area contributed by atoms with Gasteiger partial charge in [0.1, 0.15) is 10.1 Å². The van der Waals surface area contributed by atoms with E-state index in [0.29, 0.717) is 20.8 Å². The van der Waals surface area contributed by atoms with Gasteiger partial charge in [-0.05, 0) is 30.8 Å². The smallest absolute Gasteiger partial charge is 0.179 e. The number of carbonyl (C=O) groups is 1. The average molecular weight is 344 g/mol. The van der Waals surface area contributed by atoms with Crippen LogP contribution in [0.25, 0.3) is 0 Å². The number of hydrogen-bond acceptors (Lipinski definition) is 4. The van der Waals surface area contributed by atoms with Crippen LogP contribution in [0, 0.1) is 0 Å². The predicted octanol–water partition coefficient (Wildman–Crippen LogP) is 4.38. The predicted molar refractivity (Wildman–Crippen MR) is 88.0 cm³/mol. The molecule has 1 aromatic carbocycles. The molecule has 0 aliphatic rings. The number of thiophene rings is 1. The number of halogens is 2. The van der Waals surface area contributed by atoms with E-state index in [-0.39, 0.29) is 12.3 Å². The Labute approximate surface area is 138 Å². The van der Waals surface area contributed by atoms with E-state index in [2.05, 4.69) is 0 Å². The van der Waals surface area contributed by atoms with Gasteiger partial charge in [-0.1, -0.05) is 35.3 Å². The zero-order valence-corrected chi connectivity index (χ0v) is 14.1. The number of ether oxygens (including phenoxy) is 1. The van der Waals surface area contributed by atoms with Gasteiger partial charge in [-0.2, -0.15) is 0 Å². The van der Waals surface area contributed by atoms with Crippen molar-refractivity contribution in [3.63, 3.8) is 0 Å². The molecule has 0 unspecified atom stereocenters. The second kappa shape index (κ2) is 7.27. The van der Waals surface area contributed by atoms with Crippen LogP contribution in [0.5, 0.6) is 5.75 Å². The second-order valence-electron chi connectivity index (χ2n) is 4.68. The summed E-state index contributed by atoms with van der Waals surface area (Å²) in [6.45, 7) is 0.933. The van der Waals surface area contributed by atoms with Gasteiger partial charge < -0.3 is 4.74 Å². The number of ketones is 1. The molecule has 0 aliphatic carbocycles. The lowest BCUT2D eigenvalue weighted by molar-refractivity contribution is 0.0943. The third kappa shape index (κ3) is 4.45. The third-order valence-electron chi connectivity index (χ3n) is 2.96. The quantitative estimate of drug-likeness (QED) is 0.729. The van der Waals surface area contributed by atoms with Gasteiger partial charge in [0.25, 0.3) is 0 Å². The summed E-state index contributed by atoms with van der Waals surface area (Å²) in [6, 6.07) is 9.39. The van der Waals surface area contributed by atoms with E-state index in [1.807, 2.05) is 36.2 Å². The molecule has 1 heterocycles. The van der Waals surface area contributed by atoms with Gasteiger partial charge in [0.05, 0.1) is 23.6 Å². The Hall–Kier alpha value is -1.07. The van der Waals surface area contributed by atoms with Crippen molar-refractivity contribution < 1.29 is 9.53 Å². The summed E-state index contributed by atoms with van der Waals surface area (Å²) in [7, 11) is 3.52. The monoisotopic (exact) mass is 343 g/mol. The van der Waals surface area contributed by atoms with Crippen LogP contribution < -0.4 is 4.74 Å². The van der Waals surface area contributed by atoms with E-state index in [0.717, 1.165) is 11.3 Å². The molecule has 0 fully saturated rings. The molecule has 6 heteroatoms. The average Bonchev–Trinajstić information content (AvgIpc) is 2.77. The van der Waals surface area contributed by atoms with Crippen LogP contribution in [-0.4, -0.2) is 31.4 Å². The Morgan fingerprint density at radius 2 is 2.10 bits per heavy atom. The van der Waals surface area contributed by atoms with Crippen molar-refractivity contribution in [3.05, 3.63) is 50.1 Å². The number of Topliss-reactive ketones (excluding diaryl/α,β-unsaturated/α-hetero) is 1. The molecule has 0 spiro atoms. The Morgan fingerprint density at radius 3 is 2.71 bits per heavy atom. The van der Waals surface area contributed by atoms with Crippen LogP contribution in [0.15, 0.2) is 30.3 Å². The minimum absolute atomic E-state index is 0.0338. The van der Waals surface area contributed by atoms with Gasteiger partial charge in [0, 0.05) is 6.54 Å². The standard InChI is InChI=1S/C15H15Cl2NO2S/c1-18(8-10-4-3-5-11(6-10)20-2)9-13(19)12-7-14(16)21-15(12)17/h3-7H,8-9H2,1-2H3. The molecule has 1 aromatic heterocycles. The molecule has 0 saturated heterocycles. The summed E-state index contributed by atoms with van der Waals surface area (Å²) < 4.78 is 6.16. The van der Waals surface area contributed by atoms with E-state index >= 15 is 0 Å². The Kier molecular flexibility index (Phi) is 5.65. The summed E-state index contributed by atoms with van der Waals surface area (Å²) >= 11 is 13.1. The molecular weight excluding hydrogens is 329 g/mol. The van der Waals surface area contributed by atoms with Crippen LogP contribution in [-0.2, 0) is 6.54 Å². The molecule has 112 valence electrons. The SMILES string of the molecule is COc1cccc(CN(C)CC(=O)c2cc(Cl)sc2Cl)c1. The molecule has 0 bridgehead atoms. The summed E-state index contributed by atoms with van der Waals surface area (Å²) in [5.41, 5.74) is 1.57. The normalized spacial score (nSPS) is 10.9. The van der Waals surface area contributed by atoms with Crippen molar-refractivity contribution in [2.24, 2.45) is 0 Å². The number of likely N-dealkylation sites (N-methyl/N-ethyl adjacent to an activating group) is 1. The lowest BCUT2D eigenvalue weighted by atomic mass is 10.2. The molecule has 2 rings (SSSR count). The molecule has 0 saturated carbocycles. The molecule has 0 amide bonds. The molecule has 0 radical (unpaired) electrons. The van der Waals surface area contributed by atoms with Crippen molar-refractivity contribution in [2.75, 3.05) is 20.7 Å². The van der Waals surface area contributed by atoms with E-state index in [9.17, 15) is 4.79 Å². The van der Waals surface area contributed by atoms with E-state index in [1.165, 1.54) is 11.3 Å². The van der Waals surface area contributed by atoms with Crippen molar-refractivity contribution in [1.29, 1.82) is 0 Å². The Bertz CT molecular complexity index is 642. The Morgan fingerprint density at radius 1 is 1.33 bits per heavy atom. The van der Waals surface area contributed by atoms with Crippen LogP contribution in [0.2, 0.25) is 8.67 Å². The summed E-state index contributed by atoms with van der Waals surface area (Å²) in [4.78, 5) is 14.1. The van der Waals surface area contributed by atoms with Gasteiger partial charge >= 0.3 is 0 Å². The first-order valence-corrected chi connectivity index (χ1v) is 7.86. The Balaban J connectivity index is 1.99. The lowest BCUT2D eigenvalue weighted by Gasteiger charge is -2.16. The fraction of sp³-hybridized carbons (Fsp3) is 0.267. The van der Waals surface area contributed by atoms with E-state index in [1.54, 1.807) is 13.2 Å². The van der Waals surface area contributed by atoms with Gasteiger partial charge in [0.2, 0.25) is 0 Å². The minimum atomic E-state index is -0.0338.